The molecule has 7 nitrogen and oxygen atoms in total. The minimum absolute atomic E-state index is 0.0299. The Balaban J connectivity index is 1.97. The van der Waals surface area contributed by atoms with Gasteiger partial charge in [0.1, 0.15) is 11.3 Å². The Morgan fingerprint density at radius 2 is 1.82 bits per heavy atom. The number of nitrogens with zero attached hydrogens (tertiary/aromatic N) is 2. The van der Waals surface area contributed by atoms with Gasteiger partial charge in [0, 0.05) is 17.9 Å². The normalized spacial score (nSPS) is 15.9. The summed E-state index contributed by atoms with van der Waals surface area (Å²) in [5.41, 5.74) is -0.501. The summed E-state index contributed by atoms with van der Waals surface area (Å²) >= 11 is 0. The summed E-state index contributed by atoms with van der Waals surface area (Å²) in [5, 5.41) is 3.44. The van der Waals surface area contributed by atoms with Crippen LogP contribution in [0, 0.1) is 5.92 Å². The average Bonchev–Trinajstić information content (AvgIpc) is 3.55. The van der Waals surface area contributed by atoms with Crippen LogP contribution in [0.3, 0.4) is 0 Å². The summed E-state index contributed by atoms with van der Waals surface area (Å²) in [4.78, 5) is 19.1. The summed E-state index contributed by atoms with van der Waals surface area (Å²) in [6.07, 6.45) is -1.79. The molecule has 0 spiro atoms. The minimum Gasteiger partial charge on any atom is -0.438 e. The van der Waals surface area contributed by atoms with E-state index in [4.69, 9.17) is 4.74 Å². The van der Waals surface area contributed by atoms with Crippen molar-refractivity contribution in [2.75, 3.05) is 6.26 Å². The molecule has 33 heavy (non-hydrogen) atoms. The largest absolute Gasteiger partial charge is 0.461 e. The molecule has 1 aromatic heterocycles. The van der Waals surface area contributed by atoms with Crippen LogP contribution < -0.4 is 10.1 Å². The lowest BCUT2D eigenvalue weighted by molar-refractivity contribution is -0.292. The van der Waals surface area contributed by atoms with Crippen molar-refractivity contribution in [1.82, 2.24) is 15.3 Å². The molecule has 3 rings (SSSR count). The Morgan fingerprint density at radius 3 is 2.36 bits per heavy atom. The van der Waals surface area contributed by atoms with Gasteiger partial charge in [-0.2, -0.15) is 26.9 Å². The van der Waals surface area contributed by atoms with Crippen molar-refractivity contribution in [3.63, 3.8) is 0 Å². The molecule has 13 heteroatoms. The predicted octanol–water partition coefficient (Wildman–Crippen LogP) is 3.99. The molecule has 1 aliphatic rings. The summed E-state index contributed by atoms with van der Waals surface area (Å²) in [6, 6.07) is 6.69. The maximum Gasteiger partial charge on any atom is 0.461 e. The highest BCUT2D eigenvalue weighted by molar-refractivity contribution is 7.93. The first kappa shape index (κ1) is 24.6. The summed E-state index contributed by atoms with van der Waals surface area (Å²) < 4.78 is 94.0. The van der Waals surface area contributed by atoms with E-state index in [0.717, 1.165) is 11.7 Å². The van der Waals surface area contributed by atoms with Crippen LogP contribution in [-0.2, 0) is 15.8 Å². The third-order valence-corrected chi connectivity index (χ3v) is 5.21. The Labute approximate surface area is 185 Å². The average molecular weight is 491 g/mol. The van der Waals surface area contributed by atoms with E-state index in [-0.39, 0.29) is 11.7 Å². The molecule has 1 aliphatic carbocycles. The Morgan fingerprint density at radius 1 is 1.18 bits per heavy atom. The maximum atomic E-state index is 13.8. The molecular weight excluding hydrogens is 473 g/mol. The quantitative estimate of drug-likeness (QED) is 0.561. The highest BCUT2D eigenvalue weighted by Gasteiger charge is 2.61. The SMILES string of the molecule is CS(=O)(=O)/C=C/C(NC(=O)c1cnc(C(F)(F)C(F)(F)F)nc1Oc1ccccc1)C1CC1. The predicted molar refractivity (Wildman–Crippen MR) is 106 cm³/mol. The van der Waals surface area contributed by atoms with E-state index in [2.05, 4.69) is 15.3 Å². The van der Waals surface area contributed by atoms with Gasteiger partial charge in [-0.05, 0) is 30.9 Å². The molecule has 1 N–H and O–H groups in total. The van der Waals surface area contributed by atoms with Crippen molar-refractivity contribution in [3.8, 4) is 11.6 Å². The highest BCUT2D eigenvalue weighted by atomic mass is 32.2. The van der Waals surface area contributed by atoms with Crippen molar-refractivity contribution >= 4 is 15.7 Å². The fourth-order valence-electron chi connectivity index (χ4n) is 2.71. The number of carbonyl (C=O) groups excluding carboxylic acids is 1. The number of halogens is 5. The zero-order valence-electron chi connectivity index (χ0n) is 17.0. The fraction of sp³-hybridized carbons (Fsp3) is 0.350. The number of rotatable bonds is 8. The van der Waals surface area contributed by atoms with Gasteiger partial charge >= 0.3 is 12.1 Å². The van der Waals surface area contributed by atoms with E-state index in [1.165, 1.54) is 30.3 Å². The van der Waals surface area contributed by atoms with Gasteiger partial charge < -0.3 is 10.1 Å². The van der Waals surface area contributed by atoms with Crippen LogP contribution in [0.4, 0.5) is 22.0 Å². The van der Waals surface area contributed by atoms with Gasteiger partial charge in [0.05, 0.1) is 6.04 Å². The third kappa shape index (κ3) is 6.24. The van der Waals surface area contributed by atoms with Gasteiger partial charge in [-0.25, -0.2) is 13.4 Å². The molecule has 1 aromatic carbocycles. The van der Waals surface area contributed by atoms with Gasteiger partial charge in [-0.1, -0.05) is 24.3 Å². The molecule has 0 saturated heterocycles. The van der Waals surface area contributed by atoms with E-state index in [1.807, 2.05) is 0 Å². The van der Waals surface area contributed by atoms with Crippen LogP contribution in [0.2, 0.25) is 0 Å². The Bertz CT molecular complexity index is 1150. The number of hydrogen-bond acceptors (Lipinski definition) is 6. The first-order valence-electron chi connectivity index (χ1n) is 9.52. The second-order valence-corrected chi connectivity index (χ2v) is 9.33. The van der Waals surface area contributed by atoms with Gasteiger partial charge in [0.15, 0.2) is 9.84 Å². The van der Waals surface area contributed by atoms with Crippen molar-refractivity contribution in [2.24, 2.45) is 5.92 Å². The lowest BCUT2D eigenvalue weighted by Crippen LogP contribution is -2.37. The summed E-state index contributed by atoms with van der Waals surface area (Å²) in [6.45, 7) is 0. The summed E-state index contributed by atoms with van der Waals surface area (Å²) in [7, 11) is -3.48. The second kappa shape index (κ2) is 9.04. The Kier molecular flexibility index (Phi) is 6.73. The second-order valence-electron chi connectivity index (χ2n) is 7.39. The molecule has 1 atom stereocenters. The van der Waals surface area contributed by atoms with Gasteiger partial charge in [-0.15, -0.1) is 0 Å². The third-order valence-electron chi connectivity index (χ3n) is 4.55. The summed E-state index contributed by atoms with van der Waals surface area (Å²) in [5.74, 6) is -9.03. The number of ether oxygens (including phenoxy) is 1. The van der Waals surface area contributed by atoms with E-state index < -0.39 is 51.2 Å². The minimum atomic E-state index is -5.96. The Hall–Kier alpha value is -3.09. The van der Waals surface area contributed by atoms with Crippen LogP contribution >= 0.6 is 0 Å². The topological polar surface area (TPSA) is 98.2 Å². The molecule has 2 aromatic rings. The molecule has 1 heterocycles. The molecule has 1 fully saturated rings. The first-order valence-corrected chi connectivity index (χ1v) is 11.5. The number of para-hydroxylation sites is 1. The molecule has 178 valence electrons. The van der Waals surface area contributed by atoms with Crippen molar-refractivity contribution in [1.29, 1.82) is 0 Å². The zero-order valence-corrected chi connectivity index (χ0v) is 17.8. The molecule has 1 saturated carbocycles. The fourth-order valence-corrected chi connectivity index (χ4v) is 3.17. The van der Waals surface area contributed by atoms with Crippen LogP contribution in [0.15, 0.2) is 48.0 Å². The number of alkyl halides is 5. The van der Waals surface area contributed by atoms with Crippen molar-refractivity contribution in [2.45, 2.75) is 31.0 Å². The number of carbonyl (C=O) groups is 1. The molecule has 1 amide bonds. The van der Waals surface area contributed by atoms with E-state index in [0.29, 0.717) is 19.0 Å². The molecule has 0 aliphatic heterocycles. The van der Waals surface area contributed by atoms with Crippen molar-refractivity contribution < 1.29 is 39.9 Å². The van der Waals surface area contributed by atoms with Gasteiger partial charge in [0.2, 0.25) is 11.7 Å². The standard InChI is InChI=1S/C20H18F5N3O4S/c1-33(30,31)10-9-15(12-7-8-12)27-16(29)14-11-26-18(19(21,22)20(23,24)25)28-17(14)32-13-5-3-2-4-6-13/h2-6,9-12,15H,7-8H2,1H3,(H,27,29)/b10-9+. The lowest BCUT2D eigenvalue weighted by Gasteiger charge is -2.20. The van der Waals surface area contributed by atoms with Gasteiger partial charge in [0.25, 0.3) is 5.91 Å². The number of hydrogen-bond donors (Lipinski definition) is 1. The molecular formula is C20H18F5N3O4S. The van der Waals surface area contributed by atoms with Crippen LogP contribution in [0.5, 0.6) is 11.6 Å². The van der Waals surface area contributed by atoms with Crippen LogP contribution in [0.1, 0.15) is 29.0 Å². The van der Waals surface area contributed by atoms with Crippen molar-refractivity contribution in [3.05, 3.63) is 59.4 Å². The zero-order chi connectivity index (χ0) is 24.4. The number of nitrogens with one attached hydrogen (secondary N) is 1. The molecule has 0 radical (unpaired) electrons. The monoisotopic (exact) mass is 491 g/mol. The van der Waals surface area contributed by atoms with Gasteiger partial charge in [-0.3, -0.25) is 4.79 Å². The smallest absolute Gasteiger partial charge is 0.438 e. The van der Waals surface area contributed by atoms with E-state index in [9.17, 15) is 35.2 Å². The molecule has 1 unspecified atom stereocenters. The highest BCUT2D eigenvalue weighted by Crippen LogP contribution is 2.43. The number of sulfone groups is 1. The number of amides is 1. The number of benzene rings is 1. The van der Waals surface area contributed by atoms with E-state index >= 15 is 0 Å². The maximum absolute atomic E-state index is 13.8. The van der Waals surface area contributed by atoms with E-state index in [1.54, 1.807) is 6.07 Å². The number of aromatic nitrogens is 2. The first-order chi connectivity index (χ1) is 15.3. The van der Waals surface area contributed by atoms with Crippen LogP contribution in [0.25, 0.3) is 0 Å². The lowest BCUT2D eigenvalue weighted by atomic mass is 10.1. The van der Waals surface area contributed by atoms with Crippen LogP contribution in [-0.4, -0.2) is 42.8 Å². The molecule has 0 bridgehead atoms.